The van der Waals surface area contributed by atoms with Gasteiger partial charge in [-0.2, -0.15) is 0 Å². The minimum absolute atomic E-state index is 0.122. The monoisotopic (exact) mass is 440 g/mol. The fourth-order valence-corrected chi connectivity index (χ4v) is 4.06. The highest BCUT2D eigenvalue weighted by atomic mass is 16.5. The Morgan fingerprint density at radius 1 is 1.09 bits per heavy atom. The number of aliphatic imine (C=N–C) groups is 1. The van der Waals surface area contributed by atoms with Crippen LogP contribution in [0.1, 0.15) is 36.9 Å². The molecule has 7 nitrogen and oxygen atoms in total. The first-order chi connectivity index (χ1) is 15.5. The van der Waals surface area contributed by atoms with Crippen LogP contribution >= 0.6 is 0 Å². The highest BCUT2D eigenvalue weighted by Crippen LogP contribution is 2.28. The molecule has 1 aliphatic rings. The Morgan fingerprint density at radius 3 is 2.50 bits per heavy atom. The predicted molar refractivity (Wildman–Crippen MR) is 129 cm³/mol. The predicted octanol–water partition coefficient (Wildman–Crippen LogP) is 3.05. The van der Waals surface area contributed by atoms with Crippen molar-refractivity contribution in [1.82, 2.24) is 10.6 Å². The lowest BCUT2D eigenvalue weighted by Gasteiger charge is -2.39. The average molecular weight is 441 g/mol. The molecule has 0 spiro atoms. The standard InChI is InChI=1S/C25H36N4O3/c1-19(21-7-5-4-6-8-21)29-25(12-15-32-16-13-25)18-28-24(26)27-14-11-20-9-10-22(30-2)23(17-20)31-3/h4-10,17,19,29H,11-16,18H2,1-3H3,(H3,26,27,28). The minimum atomic E-state index is -0.122. The van der Waals surface area contributed by atoms with Crippen molar-refractivity contribution in [2.24, 2.45) is 10.7 Å². The summed E-state index contributed by atoms with van der Waals surface area (Å²) in [5.74, 6) is 1.92. The lowest BCUT2D eigenvalue weighted by Crippen LogP contribution is -2.53. The van der Waals surface area contributed by atoms with Crippen molar-refractivity contribution < 1.29 is 14.2 Å². The van der Waals surface area contributed by atoms with Crippen LogP contribution in [0, 0.1) is 0 Å². The zero-order valence-corrected chi connectivity index (χ0v) is 19.4. The maximum atomic E-state index is 6.19. The molecule has 1 saturated heterocycles. The van der Waals surface area contributed by atoms with Gasteiger partial charge in [-0.15, -0.1) is 0 Å². The molecular weight excluding hydrogens is 404 g/mol. The summed E-state index contributed by atoms with van der Waals surface area (Å²) in [5.41, 5.74) is 8.48. The molecule has 32 heavy (non-hydrogen) atoms. The molecule has 1 heterocycles. The number of nitrogens with one attached hydrogen (secondary N) is 2. The van der Waals surface area contributed by atoms with Crippen LogP contribution in [0.2, 0.25) is 0 Å². The van der Waals surface area contributed by atoms with E-state index in [1.807, 2.05) is 24.3 Å². The number of benzene rings is 2. The van der Waals surface area contributed by atoms with Crippen molar-refractivity contribution in [3.63, 3.8) is 0 Å². The molecule has 0 saturated carbocycles. The first kappa shape index (κ1) is 23.9. The highest BCUT2D eigenvalue weighted by Gasteiger charge is 2.33. The SMILES string of the molecule is COc1ccc(CCNC(N)=NCC2(NC(C)c3ccccc3)CCOCC2)cc1OC. The van der Waals surface area contributed by atoms with Crippen LogP contribution in [0.15, 0.2) is 53.5 Å². The van der Waals surface area contributed by atoms with Crippen molar-refractivity contribution in [3.05, 3.63) is 59.7 Å². The summed E-state index contributed by atoms with van der Waals surface area (Å²) in [5, 5.41) is 7.05. The number of rotatable bonds is 10. The second-order valence-electron chi connectivity index (χ2n) is 8.24. The number of methoxy groups -OCH3 is 2. The topological polar surface area (TPSA) is 90.1 Å². The van der Waals surface area contributed by atoms with Gasteiger partial charge in [0.2, 0.25) is 0 Å². The summed E-state index contributed by atoms with van der Waals surface area (Å²) in [6.45, 7) is 4.96. The molecule has 0 bridgehead atoms. The van der Waals surface area contributed by atoms with Crippen LogP contribution in [0.3, 0.4) is 0 Å². The van der Waals surface area contributed by atoms with E-state index >= 15 is 0 Å². The van der Waals surface area contributed by atoms with Gasteiger partial charge in [0.1, 0.15) is 0 Å². The summed E-state index contributed by atoms with van der Waals surface area (Å²) in [6, 6.07) is 16.6. The van der Waals surface area contributed by atoms with Crippen LogP contribution in [0.5, 0.6) is 11.5 Å². The number of hydrogen-bond donors (Lipinski definition) is 3. The van der Waals surface area contributed by atoms with E-state index in [9.17, 15) is 0 Å². The lowest BCUT2D eigenvalue weighted by atomic mass is 9.88. The molecule has 0 amide bonds. The third kappa shape index (κ3) is 6.61. The lowest BCUT2D eigenvalue weighted by molar-refractivity contribution is 0.0374. The third-order valence-electron chi connectivity index (χ3n) is 5.99. The summed E-state index contributed by atoms with van der Waals surface area (Å²) in [7, 11) is 3.28. The second-order valence-corrected chi connectivity index (χ2v) is 8.24. The average Bonchev–Trinajstić information content (AvgIpc) is 2.84. The van der Waals surface area contributed by atoms with Crippen LogP contribution in [-0.2, 0) is 11.2 Å². The van der Waals surface area contributed by atoms with Crippen LogP contribution in [0.25, 0.3) is 0 Å². The zero-order chi connectivity index (χ0) is 22.8. The Morgan fingerprint density at radius 2 is 1.81 bits per heavy atom. The van der Waals surface area contributed by atoms with Crippen LogP contribution < -0.4 is 25.8 Å². The molecule has 0 aromatic heterocycles. The van der Waals surface area contributed by atoms with Gasteiger partial charge in [-0.05, 0) is 49.4 Å². The Balaban J connectivity index is 1.55. The van der Waals surface area contributed by atoms with E-state index in [-0.39, 0.29) is 11.6 Å². The van der Waals surface area contributed by atoms with Gasteiger partial charge in [0.25, 0.3) is 0 Å². The van der Waals surface area contributed by atoms with E-state index in [0.717, 1.165) is 49.5 Å². The zero-order valence-electron chi connectivity index (χ0n) is 19.4. The Kier molecular flexibility index (Phi) is 8.76. The van der Waals surface area contributed by atoms with E-state index < -0.39 is 0 Å². The molecule has 1 atom stereocenters. The molecule has 1 fully saturated rings. The molecule has 0 aliphatic carbocycles. The van der Waals surface area contributed by atoms with Gasteiger partial charge in [0, 0.05) is 31.3 Å². The van der Waals surface area contributed by atoms with Crippen LogP contribution in [0.4, 0.5) is 0 Å². The Bertz CT molecular complexity index is 867. The van der Waals surface area contributed by atoms with Crippen molar-refractivity contribution in [2.45, 2.75) is 37.8 Å². The first-order valence-corrected chi connectivity index (χ1v) is 11.2. The number of ether oxygens (including phenoxy) is 3. The minimum Gasteiger partial charge on any atom is -0.493 e. The molecular formula is C25H36N4O3. The quantitative estimate of drug-likeness (QED) is 0.389. The summed E-state index contributed by atoms with van der Waals surface area (Å²) in [4.78, 5) is 4.68. The van der Waals surface area contributed by atoms with E-state index in [4.69, 9.17) is 19.9 Å². The van der Waals surface area contributed by atoms with Gasteiger partial charge in [0.05, 0.1) is 20.8 Å². The maximum absolute atomic E-state index is 6.19. The summed E-state index contributed by atoms with van der Waals surface area (Å²) < 4.78 is 16.3. The molecule has 174 valence electrons. The van der Waals surface area contributed by atoms with E-state index in [1.54, 1.807) is 14.2 Å². The largest absolute Gasteiger partial charge is 0.493 e. The third-order valence-corrected chi connectivity index (χ3v) is 5.99. The van der Waals surface area contributed by atoms with E-state index in [1.165, 1.54) is 5.56 Å². The van der Waals surface area contributed by atoms with E-state index in [2.05, 4.69) is 46.8 Å². The van der Waals surface area contributed by atoms with Gasteiger partial charge < -0.3 is 30.6 Å². The first-order valence-electron chi connectivity index (χ1n) is 11.2. The van der Waals surface area contributed by atoms with Gasteiger partial charge in [-0.25, -0.2) is 0 Å². The van der Waals surface area contributed by atoms with Gasteiger partial charge >= 0.3 is 0 Å². The fourth-order valence-electron chi connectivity index (χ4n) is 4.06. The number of nitrogens with two attached hydrogens (primary N) is 1. The molecule has 3 rings (SSSR count). The molecule has 0 radical (unpaired) electrons. The molecule has 2 aromatic rings. The van der Waals surface area contributed by atoms with Crippen LogP contribution in [-0.4, -0.2) is 52.0 Å². The highest BCUT2D eigenvalue weighted by molar-refractivity contribution is 5.77. The normalized spacial score (nSPS) is 16.9. The summed E-state index contributed by atoms with van der Waals surface area (Å²) in [6.07, 6.45) is 2.62. The second kappa shape index (κ2) is 11.7. The van der Waals surface area contributed by atoms with Crippen molar-refractivity contribution >= 4 is 5.96 Å². The number of nitrogens with zero attached hydrogens (tertiary/aromatic N) is 1. The molecule has 1 unspecified atom stereocenters. The molecule has 7 heteroatoms. The van der Waals surface area contributed by atoms with Gasteiger partial charge in [-0.1, -0.05) is 36.4 Å². The van der Waals surface area contributed by atoms with Crippen molar-refractivity contribution in [3.8, 4) is 11.5 Å². The van der Waals surface area contributed by atoms with Crippen molar-refractivity contribution in [2.75, 3.05) is 40.5 Å². The van der Waals surface area contributed by atoms with Crippen molar-refractivity contribution in [1.29, 1.82) is 0 Å². The Labute approximate surface area is 191 Å². The number of guanidine groups is 1. The van der Waals surface area contributed by atoms with Gasteiger partial charge in [0.15, 0.2) is 17.5 Å². The summed E-state index contributed by atoms with van der Waals surface area (Å²) >= 11 is 0. The maximum Gasteiger partial charge on any atom is 0.188 e. The Hall–Kier alpha value is -2.77. The fraction of sp³-hybridized carbons (Fsp3) is 0.480. The molecule has 1 aliphatic heterocycles. The molecule has 2 aromatic carbocycles. The van der Waals surface area contributed by atoms with E-state index in [0.29, 0.717) is 19.0 Å². The van der Waals surface area contributed by atoms with Gasteiger partial charge in [-0.3, -0.25) is 4.99 Å². The number of hydrogen-bond acceptors (Lipinski definition) is 5. The molecule has 4 N–H and O–H groups in total. The smallest absolute Gasteiger partial charge is 0.188 e.